The Balaban J connectivity index is 0.000000193. The van der Waals surface area contributed by atoms with Gasteiger partial charge in [0, 0.05) is 55.2 Å². The number of amides is 2. The molecule has 352 valence electrons. The highest BCUT2D eigenvalue weighted by Gasteiger charge is 2.34. The summed E-state index contributed by atoms with van der Waals surface area (Å²) < 4.78 is 28.0. The number of thiophene rings is 2. The van der Waals surface area contributed by atoms with Gasteiger partial charge >= 0.3 is 5.97 Å². The molecule has 4 aromatic rings. The molecule has 4 aliphatic rings. The number of carbonyl (C=O) groups excluding carboxylic acids is 3. The second kappa shape index (κ2) is 23.8. The molecule has 0 aliphatic heterocycles. The van der Waals surface area contributed by atoms with Gasteiger partial charge in [-0.15, -0.1) is 22.7 Å². The van der Waals surface area contributed by atoms with E-state index in [4.69, 9.17) is 30.4 Å². The largest absolute Gasteiger partial charge is 0.474 e. The third-order valence-electron chi connectivity index (χ3n) is 12.5. The number of hydrogen-bond donors (Lipinski definition) is 2. The molecular formula is C47H67BrN6O8S2. The van der Waals surface area contributed by atoms with Crippen LogP contribution in [-0.4, -0.2) is 88.3 Å². The maximum Gasteiger partial charge on any atom is 0.306 e. The minimum Gasteiger partial charge on any atom is -0.474 e. The second-order valence-electron chi connectivity index (χ2n) is 18.5. The van der Waals surface area contributed by atoms with E-state index in [2.05, 4.69) is 40.6 Å². The van der Waals surface area contributed by atoms with Crippen LogP contribution in [0.1, 0.15) is 150 Å². The van der Waals surface area contributed by atoms with Gasteiger partial charge in [0.15, 0.2) is 0 Å². The lowest BCUT2D eigenvalue weighted by Gasteiger charge is -2.29. The number of methoxy groups -OCH3 is 2. The van der Waals surface area contributed by atoms with Gasteiger partial charge in [-0.2, -0.15) is 0 Å². The third-order valence-corrected chi connectivity index (χ3v) is 15.2. The van der Waals surface area contributed by atoms with Gasteiger partial charge in [-0.1, -0.05) is 15.9 Å². The normalized spacial score (nSPS) is 22.7. The molecule has 8 rings (SSSR count). The Morgan fingerprint density at radius 3 is 1.55 bits per heavy atom. The van der Waals surface area contributed by atoms with Gasteiger partial charge in [-0.25, -0.2) is 19.9 Å². The Morgan fingerprint density at radius 2 is 1.14 bits per heavy atom. The number of nitrogens with zero attached hydrogens (tertiary/aromatic N) is 4. The fourth-order valence-electron chi connectivity index (χ4n) is 9.67. The van der Waals surface area contributed by atoms with Crippen LogP contribution in [0.15, 0.2) is 12.7 Å². The number of nitrogens with two attached hydrogens (primary N) is 2. The van der Waals surface area contributed by atoms with Crippen LogP contribution in [0.3, 0.4) is 0 Å². The molecule has 2 amide bonds. The number of ether oxygens (including phenoxy) is 5. The molecule has 14 nitrogen and oxygen atoms in total. The average Bonchev–Trinajstić information content (AvgIpc) is 4.01. The Labute approximate surface area is 393 Å². The van der Waals surface area contributed by atoms with E-state index in [-0.39, 0.29) is 41.8 Å². The van der Waals surface area contributed by atoms with Crippen molar-refractivity contribution in [1.82, 2.24) is 19.9 Å². The summed E-state index contributed by atoms with van der Waals surface area (Å²) in [6.07, 6.45) is 19.1. The molecule has 0 saturated heterocycles. The minimum absolute atomic E-state index is 0.0690. The van der Waals surface area contributed by atoms with Crippen molar-refractivity contribution in [2.24, 2.45) is 23.3 Å². The van der Waals surface area contributed by atoms with Crippen molar-refractivity contribution in [3.05, 3.63) is 33.5 Å². The highest BCUT2D eigenvalue weighted by molar-refractivity contribution is 9.09. The number of primary amides is 2. The number of aromatic nitrogens is 4. The fraction of sp³-hybridized carbons (Fsp3) is 0.681. The van der Waals surface area contributed by atoms with E-state index in [0.717, 1.165) is 121 Å². The maximum absolute atomic E-state index is 12.1. The number of alkyl halides is 1. The smallest absolute Gasteiger partial charge is 0.306 e. The van der Waals surface area contributed by atoms with E-state index in [0.29, 0.717) is 36.9 Å². The van der Waals surface area contributed by atoms with Gasteiger partial charge in [0.25, 0.3) is 0 Å². The first-order valence-electron chi connectivity index (χ1n) is 22.9. The lowest BCUT2D eigenvalue weighted by Crippen LogP contribution is -2.28. The van der Waals surface area contributed by atoms with Gasteiger partial charge in [0.05, 0.1) is 17.4 Å². The summed E-state index contributed by atoms with van der Waals surface area (Å²) >= 11 is 6.56. The van der Waals surface area contributed by atoms with E-state index in [1.807, 2.05) is 20.8 Å². The maximum atomic E-state index is 12.1. The molecule has 64 heavy (non-hydrogen) atoms. The molecule has 0 spiro atoms. The lowest BCUT2D eigenvalue weighted by molar-refractivity contribution is -0.156. The van der Waals surface area contributed by atoms with E-state index >= 15 is 0 Å². The first-order valence-corrected chi connectivity index (χ1v) is 25.7. The number of halogens is 1. The van der Waals surface area contributed by atoms with Crippen LogP contribution in [-0.2, 0) is 41.4 Å². The first-order chi connectivity index (χ1) is 30.8. The predicted octanol–water partition coefficient (Wildman–Crippen LogP) is 9.25. The molecular weight excluding hydrogens is 921 g/mol. The minimum atomic E-state index is -0.442. The molecule has 4 aliphatic carbocycles. The van der Waals surface area contributed by atoms with E-state index in [1.165, 1.54) is 34.6 Å². The van der Waals surface area contributed by atoms with Gasteiger partial charge in [0.1, 0.15) is 40.1 Å². The Bertz CT molecular complexity index is 2160. The zero-order valence-corrected chi connectivity index (χ0v) is 41.4. The number of fused-ring (bicyclic) bond motifs is 6. The van der Waals surface area contributed by atoms with Crippen LogP contribution in [0.2, 0.25) is 0 Å². The molecule has 2 atom stereocenters. The highest BCUT2D eigenvalue weighted by atomic mass is 79.9. The second-order valence-corrected chi connectivity index (χ2v) is 21.5. The van der Waals surface area contributed by atoms with Crippen molar-refractivity contribution >= 4 is 76.8 Å². The van der Waals surface area contributed by atoms with Crippen molar-refractivity contribution in [2.45, 2.75) is 160 Å². The summed E-state index contributed by atoms with van der Waals surface area (Å²) in [4.78, 5) is 57.5. The summed E-state index contributed by atoms with van der Waals surface area (Å²) in [6, 6.07) is 0. The van der Waals surface area contributed by atoms with Crippen molar-refractivity contribution < 1.29 is 38.1 Å². The molecule has 2 fully saturated rings. The zero-order chi connectivity index (χ0) is 45.8. The SMILES string of the molecule is CC(C)(C)OC(=O)CC1CCC(Oc2ncnc3sc4c(c23)[C@@H](CC(N)=O)CC4)CC1.COCCBr.COCCCC1CCC(Oc2ncnc3sc4c(c23)[C@@H](CC(N)=O)CC4)CC1. The molecule has 2 saturated carbocycles. The van der Waals surface area contributed by atoms with Crippen molar-refractivity contribution in [3.63, 3.8) is 0 Å². The summed E-state index contributed by atoms with van der Waals surface area (Å²) in [5.74, 6) is 2.09. The van der Waals surface area contributed by atoms with Crippen LogP contribution >= 0.6 is 38.6 Å². The van der Waals surface area contributed by atoms with Crippen LogP contribution in [0.25, 0.3) is 20.4 Å². The van der Waals surface area contributed by atoms with Crippen molar-refractivity contribution in [2.75, 3.05) is 32.8 Å². The Kier molecular flexibility index (Phi) is 18.6. The quantitative estimate of drug-likeness (QED) is 0.0613. The molecule has 0 unspecified atom stereocenters. The van der Waals surface area contributed by atoms with Gasteiger partial charge in [-0.3, -0.25) is 14.4 Å². The molecule has 0 aromatic carbocycles. The van der Waals surface area contributed by atoms with Crippen LogP contribution in [0.4, 0.5) is 0 Å². The van der Waals surface area contributed by atoms with Gasteiger partial charge in [-0.05, 0) is 145 Å². The van der Waals surface area contributed by atoms with Crippen LogP contribution in [0.5, 0.6) is 11.8 Å². The van der Waals surface area contributed by atoms with E-state index < -0.39 is 5.60 Å². The number of hydrogen-bond acceptors (Lipinski definition) is 14. The van der Waals surface area contributed by atoms with Gasteiger partial charge in [0.2, 0.25) is 23.6 Å². The molecule has 4 heterocycles. The van der Waals surface area contributed by atoms with E-state index in [9.17, 15) is 14.4 Å². The van der Waals surface area contributed by atoms with E-state index in [1.54, 1.807) is 49.5 Å². The molecule has 0 bridgehead atoms. The topological polar surface area (TPSA) is 201 Å². The summed E-state index contributed by atoms with van der Waals surface area (Å²) in [5.41, 5.74) is 12.9. The van der Waals surface area contributed by atoms with Crippen molar-refractivity contribution in [1.29, 1.82) is 0 Å². The zero-order valence-electron chi connectivity index (χ0n) is 38.2. The average molecular weight is 988 g/mol. The highest BCUT2D eigenvalue weighted by Crippen LogP contribution is 2.49. The number of esters is 1. The number of carbonyl (C=O) groups is 3. The molecule has 4 aromatic heterocycles. The summed E-state index contributed by atoms with van der Waals surface area (Å²) in [7, 11) is 3.45. The predicted molar refractivity (Wildman–Crippen MR) is 255 cm³/mol. The number of rotatable bonds is 16. The van der Waals surface area contributed by atoms with Crippen LogP contribution in [0, 0.1) is 11.8 Å². The van der Waals surface area contributed by atoms with Gasteiger partial charge < -0.3 is 35.2 Å². The first kappa shape index (κ1) is 49.9. The summed E-state index contributed by atoms with van der Waals surface area (Å²) in [5, 5.41) is 2.92. The molecule has 0 radical (unpaired) electrons. The fourth-order valence-corrected chi connectivity index (χ4v) is 12.5. The third kappa shape index (κ3) is 13.8. The molecule has 4 N–H and O–H groups in total. The monoisotopic (exact) mass is 986 g/mol. The summed E-state index contributed by atoms with van der Waals surface area (Å²) in [6.45, 7) is 7.35. The Morgan fingerprint density at radius 1 is 0.672 bits per heavy atom. The van der Waals surface area contributed by atoms with Crippen molar-refractivity contribution in [3.8, 4) is 11.8 Å². The standard InChI is InChI=1S/C23H31N3O4S.C21H29N3O3S.C3H7BrO/c1-23(2,3)30-18(28)10-13-4-7-15(8-5-13)29-21-20-19-14(11-17(24)27)6-9-16(19)31-22(20)26-12-25-21;1-26-10-2-3-13-4-7-15(8-5-13)27-20-19-18-14(11-17(22)25)6-9-16(18)28-21(19)24-12-23-20;1-5-3-2-4/h12-15H,4-11H2,1-3H3,(H2,24,27);12-15H,2-11H2,1H3,(H2,22,25);2-3H2,1H3/t2*13?,14-,15?;/m11./s1. The Hall–Kier alpha value is -3.51. The van der Waals surface area contributed by atoms with Crippen LogP contribution < -0.4 is 20.9 Å². The number of aryl methyl sites for hydroxylation is 2. The molecule has 17 heteroatoms. The lowest BCUT2D eigenvalue weighted by atomic mass is 9.84.